The maximum absolute atomic E-state index is 13.2. The first-order valence-corrected chi connectivity index (χ1v) is 9.35. The van der Waals surface area contributed by atoms with Crippen LogP contribution in [0.15, 0.2) is 47.5 Å². The molecule has 0 aliphatic heterocycles. The van der Waals surface area contributed by atoms with Crippen molar-refractivity contribution >= 4 is 32.5 Å². The molecule has 8 heteroatoms. The Labute approximate surface area is 149 Å². The van der Waals surface area contributed by atoms with Crippen LogP contribution in [0, 0.1) is 5.82 Å². The van der Waals surface area contributed by atoms with Gasteiger partial charge in [-0.2, -0.15) is 0 Å². The fourth-order valence-electron chi connectivity index (χ4n) is 2.58. The maximum atomic E-state index is 13.2. The van der Waals surface area contributed by atoms with E-state index in [1.54, 1.807) is 12.3 Å². The third-order valence-electron chi connectivity index (χ3n) is 3.85. The van der Waals surface area contributed by atoms with Gasteiger partial charge in [-0.3, -0.25) is 0 Å². The zero-order valence-corrected chi connectivity index (χ0v) is 14.9. The standard InChI is InChI=1S/C17H16ClFN2O3S/c1-24-17-5-3-13(9-15(17)18)25(22,23)21-7-6-11-10-20-16-8-12(19)2-4-14(11)16/h2-5,8-10,20-21H,6-7H2,1H3. The van der Waals surface area contributed by atoms with E-state index in [9.17, 15) is 12.8 Å². The van der Waals surface area contributed by atoms with E-state index in [0.29, 0.717) is 17.7 Å². The van der Waals surface area contributed by atoms with Gasteiger partial charge in [-0.25, -0.2) is 17.5 Å². The highest BCUT2D eigenvalue weighted by Crippen LogP contribution is 2.27. The minimum absolute atomic E-state index is 0.0688. The molecule has 5 nitrogen and oxygen atoms in total. The SMILES string of the molecule is COc1ccc(S(=O)(=O)NCCc2c[nH]c3cc(F)ccc23)cc1Cl. The number of nitrogens with one attached hydrogen (secondary N) is 2. The van der Waals surface area contributed by atoms with Gasteiger partial charge in [0.25, 0.3) is 0 Å². The highest BCUT2D eigenvalue weighted by Gasteiger charge is 2.16. The average Bonchev–Trinajstić information content (AvgIpc) is 2.96. The van der Waals surface area contributed by atoms with Crippen molar-refractivity contribution in [1.82, 2.24) is 9.71 Å². The van der Waals surface area contributed by atoms with Crippen molar-refractivity contribution < 1.29 is 17.5 Å². The zero-order chi connectivity index (χ0) is 18.0. The van der Waals surface area contributed by atoms with Crippen molar-refractivity contribution in [2.75, 3.05) is 13.7 Å². The molecule has 1 aromatic heterocycles. The number of aromatic nitrogens is 1. The second-order valence-corrected chi connectivity index (χ2v) is 7.62. The molecule has 0 unspecified atom stereocenters. The minimum Gasteiger partial charge on any atom is -0.495 e. The number of hydrogen-bond acceptors (Lipinski definition) is 3. The molecule has 132 valence electrons. The van der Waals surface area contributed by atoms with Gasteiger partial charge in [0.15, 0.2) is 0 Å². The summed E-state index contributed by atoms with van der Waals surface area (Å²) in [5, 5.41) is 1.09. The number of aromatic amines is 1. The summed E-state index contributed by atoms with van der Waals surface area (Å²) in [6, 6.07) is 8.74. The van der Waals surface area contributed by atoms with E-state index in [2.05, 4.69) is 9.71 Å². The van der Waals surface area contributed by atoms with E-state index in [4.69, 9.17) is 16.3 Å². The average molecular weight is 383 g/mol. The van der Waals surface area contributed by atoms with Gasteiger partial charge < -0.3 is 9.72 Å². The molecule has 0 aliphatic carbocycles. The number of sulfonamides is 1. The number of ether oxygens (including phenoxy) is 1. The third kappa shape index (κ3) is 3.78. The largest absolute Gasteiger partial charge is 0.495 e. The van der Waals surface area contributed by atoms with Crippen LogP contribution in [0.1, 0.15) is 5.56 Å². The molecule has 1 heterocycles. The predicted octanol–water partition coefficient (Wildman–Crippen LogP) is 3.49. The summed E-state index contributed by atoms with van der Waals surface area (Å²) in [5.41, 5.74) is 1.59. The number of H-pyrrole nitrogens is 1. The van der Waals surface area contributed by atoms with Crippen molar-refractivity contribution in [3.05, 3.63) is 59.0 Å². The third-order valence-corrected chi connectivity index (χ3v) is 5.60. The Morgan fingerprint density at radius 3 is 2.76 bits per heavy atom. The van der Waals surface area contributed by atoms with Gasteiger partial charge in [-0.15, -0.1) is 0 Å². The topological polar surface area (TPSA) is 71.2 Å². The lowest BCUT2D eigenvalue weighted by atomic mass is 10.1. The summed E-state index contributed by atoms with van der Waals surface area (Å²) < 4.78 is 45.5. The van der Waals surface area contributed by atoms with Crippen molar-refractivity contribution in [3.8, 4) is 5.75 Å². The predicted molar refractivity (Wildman–Crippen MR) is 95.2 cm³/mol. The number of rotatable bonds is 6. The molecule has 0 radical (unpaired) electrons. The Balaban J connectivity index is 1.70. The smallest absolute Gasteiger partial charge is 0.240 e. The van der Waals surface area contributed by atoms with Crippen LogP contribution >= 0.6 is 11.6 Å². The summed E-state index contributed by atoms with van der Waals surface area (Å²) in [6.07, 6.45) is 2.22. The molecule has 0 saturated carbocycles. The summed E-state index contributed by atoms with van der Waals surface area (Å²) in [7, 11) is -2.22. The normalized spacial score (nSPS) is 11.8. The first-order chi connectivity index (χ1) is 11.9. The Morgan fingerprint density at radius 1 is 1.24 bits per heavy atom. The molecule has 3 aromatic rings. The molecule has 0 bridgehead atoms. The van der Waals surface area contributed by atoms with Crippen molar-refractivity contribution in [1.29, 1.82) is 0 Å². The summed E-state index contributed by atoms with van der Waals surface area (Å²) in [5.74, 6) is 0.0876. The molecule has 2 N–H and O–H groups in total. The van der Waals surface area contributed by atoms with Crippen LogP contribution in [0.25, 0.3) is 10.9 Å². The van der Waals surface area contributed by atoms with Gasteiger partial charge in [0.1, 0.15) is 11.6 Å². The summed E-state index contributed by atoms with van der Waals surface area (Å²) >= 11 is 5.98. The number of benzene rings is 2. The minimum atomic E-state index is -3.68. The maximum Gasteiger partial charge on any atom is 0.240 e. The first kappa shape index (κ1) is 17.7. The number of halogens is 2. The molecule has 0 spiro atoms. The highest BCUT2D eigenvalue weighted by atomic mass is 35.5. The van der Waals surface area contributed by atoms with E-state index < -0.39 is 10.0 Å². The molecule has 2 aromatic carbocycles. The van der Waals surface area contributed by atoms with Gasteiger partial charge in [-0.05, 0) is 48.4 Å². The first-order valence-electron chi connectivity index (χ1n) is 7.49. The molecule has 0 amide bonds. The lowest BCUT2D eigenvalue weighted by Crippen LogP contribution is -2.26. The van der Waals surface area contributed by atoms with Crippen LogP contribution < -0.4 is 9.46 Å². The Kier molecular flexibility index (Phi) is 4.99. The molecule has 0 saturated heterocycles. The van der Waals surface area contributed by atoms with Crippen LogP contribution in [0.2, 0.25) is 5.02 Å². The molecular formula is C17H16ClFN2O3S. The Hall–Kier alpha value is -2.09. The quantitative estimate of drug-likeness (QED) is 0.685. The number of fused-ring (bicyclic) bond motifs is 1. The van der Waals surface area contributed by atoms with E-state index in [-0.39, 0.29) is 22.3 Å². The van der Waals surface area contributed by atoms with E-state index >= 15 is 0 Å². The lowest BCUT2D eigenvalue weighted by Gasteiger charge is -2.09. The Bertz CT molecular complexity index is 1020. The van der Waals surface area contributed by atoms with E-state index in [1.165, 1.54) is 37.4 Å². The molecule has 0 fully saturated rings. The molecule has 0 atom stereocenters. The van der Waals surface area contributed by atoms with E-state index in [0.717, 1.165) is 10.9 Å². The van der Waals surface area contributed by atoms with Crippen molar-refractivity contribution in [3.63, 3.8) is 0 Å². The van der Waals surface area contributed by atoms with Crippen LogP contribution in [-0.2, 0) is 16.4 Å². The molecule has 0 aliphatic rings. The zero-order valence-electron chi connectivity index (χ0n) is 13.3. The highest BCUT2D eigenvalue weighted by molar-refractivity contribution is 7.89. The number of methoxy groups -OCH3 is 1. The lowest BCUT2D eigenvalue weighted by molar-refractivity contribution is 0.414. The van der Waals surface area contributed by atoms with Gasteiger partial charge in [0.2, 0.25) is 10.0 Å². The summed E-state index contributed by atoms with van der Waals surface area (Å²) in [6.45, 7) is 0.205. The summed E-state index contributed by atoms with van der Waals surface area (Å²) in [4.78, 5) is 3.05. The fraction of sp³-hybridized carbons (Fsp3) is 0.176. The second-order valence-electron chi connectivity index (χ2n) is 5.45. The Morgan fingerprint density at radius 2 is 2.04 bits per heavy atom. The molecular weight excluding hydrogens is 367 g/mol. The van der Waals surface area contributed by atoms with Gasteiger partial charge in [0, 0.05) is 23.6 Å². The van der Waals surface area contributed by atoms with Crippen LogP contribution in [-0.4, -0.2) is 27.1 Å². The van der Waals surface area contributed by atoms with Crippen molar-refractivity contribution in [2.24, 2.45) is 0 Å². The molecule has 3 rings (SSSR count). The van der Waals surface area contributed by atoms with E-state index in [1.807, 2.05) is 0 Å². The van der Waals surface area contributed by atoms with Gasteiger partial charge in [-0.1, -0.05) is 11.6 Å². The van der Waals surface area contributed by atoms with Gasteiger partial charge in [0.05, 0.1) is 17.0 Å². The number of hydrogen-bond donors (Lipinski definition) is 2. The molecule has 25 heavy (non-hydrogen) atoms. The van der Waals surface area contributed by atoms with Crippen LogP contribution in [0.3, 0.4) is 0 Å². The second kappa shape index (κ2) is 7.03. The monoisotopic (exact) mass is 382 g/mol. The van der Waals surface area contributed by atoms with Crippen molar-refractivity contribution in [2.45, 2.75) is 11.3 Å². The van der Waals surface area contributed by atoms with Crippen LogP contribution in [0.4, 0.5) is 4.39 Å². The fourth-order valence-corrected chi connectivity index (χ4v) is 3.96. The van der Waals surface area contributed by atoms with Crippen LogP contribution in [0.5, 0.6) is 5.75 Å². The van der Waals surface area contributed by atoms with Gasteiger partial charge >= 0.3 is 0 Å².